The number of ketones is 1. The normalized spacial score (nSPS) is 36.4. The number of ether oxygens (including phenoxy) is 3. The summed E-state index contributed by atoms with van der Waals surface area (Å²) in [5.41, 5.74) is 1.86. The van der Waals surface area contributed by atoms with Gasteiger partial charge in [-0.05, 0) is 62.6 Å². The third-order valence-corrected chi connectivity index (χ3v) is 8.62. The predicted octanol–water partition coefficient (Wildman–Crippen LogP) is 3.65. The molecule has 0 aromatic heterocycles. The highest BCUT2D eigenvalue weighted by Gasteiger charge is 2.74. The summed E-state index contributed by atoms with van der Waals surface area (Å²) in [6, 6.07) is 4.63. The minimum atomic E-state index is -0.429. The minimum absolute atomic E-state index is 0.237. The first-order chi connectivity index (χ1) is 14.6. The summed E-state index contributed by atoms with van der Waals surface area (Å²) >= 11 is 0. The summed E-state index contributed by atoms with van der Waals surface area (Å²) in [5.74, 6) is 2.72. The molecule has 3 fully saturated rings. The number of hydrogen-bond donors (Lipinski definition) is 0. The van der Waals surface area contributed by atoms with E-state index in [1.54, 1.807) is 0 Å². The second-order valence-electron chi connectivity index (χ2n) is 10.1. The quantitative estimate of drug-likeness (QED) is 0.641. The van der Waals surface area contributed by atoms with Gasteiger partial charge in [-0.25, -0.2) is 0 Å². The fourth-order valence-corrected chi connectivity index (χ4v) is 7.08. The molecule has 0 unspecified atom stereocenters. The first kappa shape index (κ1) is 19.1. The van der Waals surface area contributed by atoms with Crippen molar-refractivity contribution in [3.63, 3.8) is 0 Å². The molecule has 0 amide bonds. The van der Waals surface area contributed by atoms with E-state index < -0.39 is 6.10 Å². The lowest BCUT2D eigenvalue weighted by Gasteiger charge is -2.64. The molecule has 5 nitrogen and oxygen atoms in total. The highest BCUT2D eigenvalue weighted by atomic mass is 16.5. The van der Waals surface area contributed by atoms with E-state index in [0.717, 1.165) is 56.1 Å². The SMILES string of the molecule is CCCCOc1ccc2c3c1O[C@H]1C(=O)CC[C@@]4(OC)[C@@H](C2)N(CC2CC2)CC[C@]314. The van der Waals surface area contributed by atoms with Gasteiger partial charge in [-0.1, -0.05) is 19.4 Å². The van der Waals surface area contributed by atoms with Crippen LogP contribution in [0.1, 0.15) is 63.0 Å². The lowest BCUT2D eigenvalue weighted by molar-refractivity contribution is -0.202. The Morgan fingerprint density at radius 3 is 2.90 bits per heavy atom. The van der Waals surface area contributed by atoms with E-state index in [2.05, 4.69) is 24.0 Å². The topological polar surface area (TPSA) is 48.0 Å². The number of nitrogens with zero attached hydrogens (tertiary/aromatic N) is 1. The predicted molar refractivity (Wildman–Crippen MR) is 113 cm³/mol. The number of rotatable bonds is 7. The second kappa shape index (κ2) is 6.70. The molecule has 0 radical (unpaired) electrons. The fraction of sp³-hybridized carbons (Fsp3) is 0.720. The van der Waals surface area contributed by atoms with Crippen molar-refractivity contribution in [2.24, 2.45) is 5.92 Å². The third-order valence-electron chi connectivity index (χ3n) is 8.62. The molecule has 1 aromatic rings. The van der Waals surface area contributed by atoms with Crippen LogP contribution in [0.2, 0.25) is 0 Å². The number of methoxy groups -OCH3 is 1. The molecule has 2 aliphatic heterocycles. The van der Waals surface area contributed by atoms with Crippen LogP contribution < -0.4 is 9.47 Å². The van der Waals surface area contributed by atoms with Gasteiger partial charge in [-0.15, -0.1) is 0 Å². The molecule has 1 saturated heterocycles. The molecular weight excluding hydrogens is 378 g/mol. The lowest BCUT2D eigenvalue weighted by Crippen LogP contribution is -2.77. The maximum Gasteiger partial charge on any atom is 0.174 e. The van der Waals surface area contributed by atoms with E-state index in [4.69, 9.17) is 14.2 Å². The molecule has 1 aromatic carbocycles. The van der Waals surface area contributed by atoms with Gasteiger partial charge < -0.3 is 14.2 Å². The molecule has 0 N–H and O–H groups in total. The second-order valence-corrected chi connectivity index (χ2v) is 10.1. The van der Waals surface area contributed by atoms with Crippen LogP contribution in [0, 0.1) is 5.92 Å². The number of likely N-dealkylation sites (tertiary alicyclic amines) is 1. The van der Waals surface area contributed by atoms with E-state index >= 15 is 0 Å². The van der Waals surface area contributed by atoms with Gasteiger partial charge >= 0.3 is 0 Å². The molecule has 30 heavy (non-hydrogen) atoms. The Hall–Kier alpha value is -1.59. The van der Waals surface area contributed by atoms with Crippen LogP contribution in [0.3, 0.4) is 0 Å². The number of unbranched alkanes of at least 4 members (excludes halogenated alkanes) is 1. The van der Waals surface area contributed by atoms with Gasteiger partial charge in [0.15, 0.2) is 23.4 Å². The smallest absolute Gasteiger partial charge is 0.174 e. The van der Waals surface area contributed by atoms with Crippen molar-refractivity contribution in [2.45, 2.75) is 81.5 Å². The number of carbonyl (C=O) groups is 1. The maximum absolute atomic E-state index is 13.2. The molecule has 5 heteroatoms. The Bertz CT molecular complexity index is 880. The molecule has 4 atom stereocenters. The van der Waals surface area contributed by atoms with E-state index in [-0.39, 0.29) is 16.8 Å². The summed E-state index contributed by atoms with van der Waals surface area (Å²) in [6.45, 7) is 5.05. The van der Waals surface area contributed by atoms with E-state index in [1.165, 1.54) is 30.5 Å². The summed E-state index contributed by atoms with van der Waals surface area (Å²) in [6.07, 6.45) is 7.65. The van der Waals surface area contributed by atoms with E-state index in [1.807, 2.05) is 7.11 Å². The van der Waals surface area contributed by atoms with Crippen molar-refractivity contribution < 1.29 is 19.0 Å². The fourth-order valence-electron chi connectivity index (χ4n) is 7.08. The van der Waals surface area contributed by atoms with Gasteiger partial charge in [0.05, 0.1) is 17.6 Å². The Labute approximate surface area is 179 Å². The van der Waals surface area contributed by atoms with Gasteiger partial charge in [0.2, 0.25) is 0 Å². The van der Waals surface area contributed by atoms with Crippen LogP contribution in [0.5, 0.6) is 11.5 Å². The highest BCUT2D eigenvalue weighted by Crippen LogP contribution is 2.66. The van der Waals surface area contributed by atoms with Crippen molar-refractivity contribution in [2.75, 3.05) is 26.8 Å². The van der Waals surface area contributed by atoms with Gasteiger partial charge in [-0.3, -0.25) is 9.69 Å². The zero-order valence-electron chi connectivity index (χ0n) is 18.2. The van der Waals surface area contributed by atoms with Crippen LogP contribution in [-0.2, 0) is 21.4 Å². The van der Waals surface area contributed by atoms with Crippen LogP contribution in [0.15, 0.2) is 12.1 Å². The number of benzene rings is 1. The first-order valence-corrected chi connectivity index (χ1v) is 11.9. The highest BCUT2D eigenvalue weighted by molar-refractivity contribution is 5.90. The number of hydrogen-bond acceptors (Lipinski definition) is 5. The minimum Gasteiger partial charge on any atom is -0.490 e. The Balaban J connectivity index is 1.49. The zero-order valence-corrected chi connectivity index (χ0v) is 18.2. The van der Waals surface area contributed by atoms with Crippen LogP contribution >= 0.6 is 0 Å². The van der Waals surface area contributed by atoms with E-state index in [0.29, 0.717) is 19.1 Å². The Morgan fingerprint density at radius 1 is 1.27 bits per heavy atom. The summed E-state index contributed by atoms with van der Waals surface area (Å²) in [4.78, 5) is 15.9. The Kier molecular flexibility index (Phi) is 4.27. The standard InChI is InChI=1S/C25H33NO4/c1-3-4-13-29-19-8-7-17-14-20-25(28-2)10-9-18(27)23-24(25,21(17)22(19)30-23)11-12-26(20)15-16-5-6-16/h7-8,16,20,23H,3-6,9-15H2,1-2H3/t20-,23+,24+,25-/m1/s1. The zero-order chi connectivity index (χ0) is 20.5. The molecule has 2 heterocycles. The molecule has 1 spiro atoms. The van der Waals surface area contributed by atoms with E-state index in [9.17, 15) is 4.79 Å². The molecule has 3 aliphatic carbocycles. The van der Waals surface area contributed by atoms with Crippen molar-refractivity contribution >= 4 is 5.78 Å². The van der Waals surface area contributed by atoms with Gasteiger partial charge in [0.25, 0.3) is 0 Å². The van der Waals surface area contributed by atoms with Gasteiger partial charge in [0, 0.05) is 31.7 Å². The average Bonchev–Trinajstić information content (AvgIpc) is 3.50. The molecule has 162 valence electrons. The van der Waals surface area contributed by atoms with Crippen LogP contribution in [-0.4, -0.2) is 55.2 Å². The average molecular weight is 412 g/mol. The molecule has 2 saturated carbocycles. The molecular formula is C25H33NO4. The van der Waals surface area contributed by atoms with Crippen molar-refractivity contribution in [1.29, 1.82) is 0 Å². The largest absolute Gasteiger partial charge is 0.490 e. The van der Waals surface area contributed by atoms with Crippen molar-refractivity contribution in [1.82, 2.24) is 4.90 Å². The first-order valence-electron chi connectivity index (χ1n) is 11.9. The van der Waals surface area contributed by atoms with Gasteiger partial charge in [0.1, 0.15) is 0 Å². The number of Topliss-reactive ketones (excluding diaryl/α,β-unsaturated/α-hetero) is 1. The molecule has 2 bridgehead atoms. The van der Waals surface area contributed by atoms with Crippen LogP contribution in [0.4, 0.5) is 0 Å². The summed E-state index contributed by atoms with van der Waals surface area (Å²) in [7, 11) is 1.87. The maximum atomic E-state index is 13.2. The summed E-state index contributed by atoms with van der Waals surface area (Å²) in [5, 5.41) is 0. The number of carbonyl (C=O) groups excluding carboxylic acids is 1. The molecule has 6 rings (SSSR count). The van der Waals surface area contributed by atoms with Gasteiger partial charge in [-0.2, -0.15) is 0 Å². The lowest BCUT2D eigenvalue weighted by atomic mass is 9.49. The van der Waals surface area contributed by atoms with Crippen molar-refractivity contribution in [3.05, 3.63) is 23.3 Å². The van der Waals surface area contributed by atoms with Crippen molar-refractivity contribution in [3.8, 4) is 11.5 Å². The monoisotopic (exact) mass is 411 g/mol. The number of piperidine rings is 1. The van der Waals surface area contributed by atoms with Crippen LogP contribution in [0.25, 0.3) is 0 Å². The molecule has 5 aliphatic rings. The third kappa shape index (κ3) is 2.34. The summed E-state index contributed by atoms with van der Waals surface area (Å²) < 4.78 is 19.2. The Morgan fingerprint density at radius 2 is 2.13 bits per heavy atom.